The van der Waals surface area contributed by atoms with Gasteiger partial charge in [0.2, 0.25) is 0 Å². The molecule has 0 fully saturated rings. The summed E-state index contributed by atoms with van der Waals surface area (Å²) in [5, 5.41) is 3.29. The van der Waals surface area contributed by atoms with E-state index in [4.69, 9.17) is 0 Å². The van der Waals surface area contributed by atoms with E-state index in [9.17, 15) is 4.79 Å². The molecule has 0 bridgehead atoms. The molecule has 3 aromatic carbocycles. The van der Waals surface area contributed by atoms with Crippen molar-refractivity contribution in [3.8, 4) is 16.9 Å². The Morgan fingerprint density at radius 2 is 1.63 bits per heavy atom. The highest BCUT2D eigenvalue weighted by atomic mass is 16.1. The zero-order chi connectivity index (χ0) is 23.8. The molecule has 0 saturated heterocycles. The van der Waals surface area contributed by atoms with Crippen molar-refractivity contribution in [3.63, 3.8) is 0 Å². The zero-order valence-electron chi connectivity index (χ0n) is 20.3. The largest absolute Gasteiger partial charge is 0.345 e. The lowest BCUT2D eigenvalue weighted by Gasteiger charge is -2.26. The second-order valence-corrected chi connectivity index (χ2v) is 10.2. The molecule has 0 unspecified atom stereocenters. The van der Waals surface area contributed by atoms with E-state index in [0.29, 0.717) is 5.56 Å². The number of nitrogens with one attached hydrogen (secondary N) is 1. The molecule has 2 aliphatic rings. The average Bonchev–Trinajstić information content (AvgIpc) is 3.28. The first-order valence-electron chi connectivity index (χ1n) is 13.0. The third-order valence-electron chi connectivity index (χ3n) is 7.77. The number of benzene rings is 3. The predicted molar refractivity (Wildman–Crippen MR) is 142 cm³/mol. The number of amides is 1. The van der Waals surface area contributed by atoms with Crippen LogP contribution < -0.4 is 5.32 Å². The number of carbonyl (C=O) groups excluding carboxylic acids is 1. The molecule has 0 aliphatic heterocycles. The van der Waals surface area contributed by atoms with Crippen LogP contribution >= 0.6 is 0 Å². The molecule has 3 nitrogen and oxygen atoms in total. The van der Waals surface area contributed by atoms with Crippen molar-refractivity contribution >= 4 is 5.91 Å². The number of aromatic nitrogens is 1. The Balaban J connectivity index is 1.30. The summed E-state index contributed by atoms with van der Waals surface area (Å²) in [6.45, 7) is 2.35. The molecule has 0 saturated carbocycles. The van der Waals surface area contributed by atoms with Crippen LogP contribution in [-0.4, -0.2) is 10.5 Å². The summed E-state index contributed by atoms with van der Waals surface area (Å²) in [5.74, 6) is 0.725. The highest BCUT2D eigenvalue weighted by molar-refractivity contribution is 5.94. The summed E-state index contributed by atoms with van der Waals surface area (Å²) in [5.41, 5.74) is 9.81. The Labute approximate surface area is 207 Å². The van der Waals surface area contributed by atoms with E-state index in [2.05, 4.69) is 89.6 Å². The van der Waals surface area contributed by atoms with Gasteiger partial charge in [-0.05, 0) is 97.0 Å². The molecule has 6 rings (SSSR count). The van der Waals surface area contributed by atoms with E-state index in [1.165, 1.54) is 40.1 Å². The molecule has 1 heterocycles. The maximum absolute atomic E-state index is 13.2. The monoisotopic (exact) mass is 460 g/mol. The van der Waals surface area contributed by atoms with Crippen LogP contribution in [0.2, 0.25) is 0 Å². The fourth-order valence-corrected chi connectivity index (χ4v) is 5.94. The minimum absolute atomic E-state index is 0.00453. The fourth-order valence-electron chi connectivity index (χ4n) is 5.94. The summed E-state index contributed by atoms with van der Waals surface area (Å²) >= 11 is 0. The molecule has 3 heteroatoms. The van der Waals surface area contributed by atoms with Crippen LogP contribution in [0.5, 0.6) is 0 Å². The molecule has 2 atom stereocenters. The molecule has 2 aliphatic carbocycles. The molecule has 176 valence electrons. The van der Waals surface area contributed by atoms with E-state index in [-0.39, 0.29) is 11.9 Å². The van der Waals surface area contributed by atoms with Crippen LogP contribution in [0.1, 0.15) is 65.0 Å². The molecule has 4 aromatic rings. The van der Waals surface area contributed by atoms with Gasteiger partial charge in [-0.25, -0.2) is 0 Å². The van der Waals surface area contributed by atoms with Gasteiger partial charge in [0.05, 0.1) is 11.7 Å². The summed E-state index contributed by atoms with van der Waals surface area (Å²) in [7, 11) is 0. The van der Waals surface area contributed by atoms with Gasteiger partial charge in [0, 0.05) is 16.9 Å². The van der Waals surface area contributed by atoms with Crippen LogP contribution in [0.4, 0.5) is 0 Å². The van der Waals surface area contributed by atoms with Gasteiger partial charge in [-0.2, -0.15) is 0 Å². The second kappa shape index (κ2) is 9.22. The Kier molecular flexibility index (Phi) is 5.77. The predicted octanol–water partition coefficient (Wildman–Crippen LogP) is 7.08. The number of fused-ring (bicyclic) bond motifs is 2. The van der Waals surface area contributed by atoms with Gasteiger partial charge in [-0.3, -0.25) is 4.79 Å². The first-order chi connectivity index (χ1) is 17.2. The molecule has 0 radical (unpaired) electrons. The van der Waals surface area contributed by atoms with Crippen molar-refractivity contribution in [2.75, 3.05) is 0 Å². The lowest BCUT2D eigenvalue weighted by molar-refractivity contribution is 0.0933. The van der Waals surface area contributed by atoms with Crippen LogP contribution in [0.25, 0.3) is 16.9 Å². The summed E-state index contributed by atoms with van der Waals surface area (Å²) < 4.78 is 2.41. The van der Waals surface area contributed by atoms with E-state index >= 15 is 0 Å². The Bertz CT molecular complexity index is 1350. The lowest BCUT2D eigenvalue weighted by Crippen LogP contribution is -2.30. The highest BCUT2D eigenvalue weighted by Gasteiger charge is 2.24. The third kappa shape index (κ3) is 4.20. The topological polar surface area (TPSA) is 34.0 Å². The zero-order valence-corrected chi connectivity index (χ0v) is 20.3. The summed E-state index contributed by atoms with van der Waals surface area (Å²) in [4.78, 5) is 13.2. The van der Waals surface area contributed by atoms with Gasteiger partial charge in [0.25, 0.3) is 5.91 Å². The van der Waals surface area contributed by atoms with Gasteiger partial charge >= 0.3 is 0 Å². The lowest BCUT2D eigenvalue weighted by atomic mass is 9.87. The smallest absolute Gasteiger partial charge is 0.251 e. The molecular weight excluding hydrogens is 428 g/mol. The van der Waals surface area contributed by atoms with E-state index in [1.807, 2.05) is 12.1 Å². The van der Waals surface area contributed by atoms with Gasteiger partial charge in [0.15, 0.2) is 0 Å². The number of aryl methyl sites for hydroxylation is 1. The standard InChI is InChI=1S/C32H32N2O/c1-22-14-19-30-26(20-22)21-31(24-9-3-2-4-10-24)34(30)27-17-15-25(16-18-27)32(35)33-29-13-7-11-23-8-5-6-12-28(23)29/h2-6,8-10,12,15-18,21-22,29H,7,11,13-14,19-20H2,1H3,(H,33,35)/t22-,29-/m0/s1. The Morgan fingerprint density at radius 1 is 0.857 bits per heavy atom. The average molecular weight is 461 g/mol. The van der Waals surface area contributed by atoms with Crippen molar-refractivity contribution in [2.45, 2.75) is 51.5 Å². The van der Waals surface area contributed by atoms with E-state index in [0.717, 1.165) is 43.7 Å². The van der Waals surface area contributed by atoms with Crippen LogP contribution in [0.15, 0.2) is 84.9 Å². The third-order valence-corrected chi connectivity index (χ3v) is 7.77. The molecular formula is C32H32N2O. The van der Waals surface area contributed by atoms with Crippen molar-refractivity contribution in [2.24, 2.45) is 5.92 Å². The summed E-state index contributed by atoms with van der Waals surface area (Å²) in [6, 6.07) is 29.8. The number of hydrogen-bond donors (Lipinski definition) is 1. The number of rotatable bonds is 4. The Hall–Kier alpha value is -3.59. The normalized spacial score (nSPS) is 19.0. The molecule has 1 aromatic heterocycles. The van der Waals surface area contributed by atoms with E-state index < -0.39 is 0 Å². The SMILES string of the molecule is C[C@H]1CCc2c(cc(-c3ccccc3)n2-c2ccc(C(=O)N[C@H]3CCCc4ccccc43)cc2)C1. The second-order valence-electron chi connectivity index (χ2n) is 10.2. The minimum Gasteiger partial charge on any atom is -0.345 e. The number of carbonyl (C=O) groups is 1. The first kappa shape index (κ1) is 21.9. The van der Waals surface area contributed by atoms with Crippen LogP contribution in [0.3, 0.4) is 0 Å². The quantitative estimate of drug-likeness (QED) is 0.347. The number of hydrogen-bond acceptors (Lipinski definition) is 1. The van der Waals surface area contributed by atoms with Crippen molar-refractivity contribution in [3.05, 3.63) is 113 Å². The fraction of sp³-hybridized carbons (Fsp3) is 0.281. The van der Waals surface area contributed by atoms with Gasteiger partial charge in [-0.1, -0.05) is 61.5 Å². The van der Waals surface area contributed by atoms with Gasteiger partial charge < -0.3 is 9.88 Å². The van der Waals surface area contributed by atoms with Crippen molar-refractivity contribution < 1.29 is 4.79 Å². The maximum Gasteiger partial charge on any atom is 0.251 e. The van der Waals surface area contributed by atoms with E-state index in [1.54, 1.807) is 0 Å². The first-order valence-corrected chi connectivity index (χ1v) is 13.0. The molecule has 35 heavy (non-hydrogen) atoms. The minimum atomic E-state index is 0.00453. The number of nitrogens with zero attached hydrogens (tertiary/aromatic N) is 1. The van der Waals surface area contributed by atoms with Crippen LogP contribution in [-0.2, 0) is 19.3 Å². The summed E-state index contributed by atoms with van der Waals surface area (Å²) in [6.07, 6.45) is 6.64. The van der Waals surface area contributed by atoms with Crippen molar-refractivity contribution in [1.82, 2.24) is 9.88 Å². The molecule has 1 N–H and O–H groups in total. The molecule has 0 spiro atoms. The Morgan fingerprint density at radius 3 is 2.46 bits per heavy atom. The van der Waals surface area contributed by atoms with Gasteiger partial charge in [-0.15, -0.1) is 0 Å². The van der Waals surface area contributed by atoms with Crippen LogP contribution in [0, 0.1) is 5.92 Å². The van der Waals surface area contributed by atoms with Crippen molar-refractivity contribution in [1.29, 1.82) is 0 Å². The maximum atomic E-state index is 13.2. The van der Waals surface area contributed by atoms with Gasteiger partial charge in [0.1, 0.15) is 0 Å². The highest BCUT2D eigenvalue weighted by Crippen LogP contribution is 2.35. The molecule has 1 amide bonds.